The minimum Gasteiger partial charge on any atom is -0.458 e. The van der Waals surface area contributed by atoms with Crippen molar-refractivity contribution in [2.45, 2.75) is 38.9 Å². The lowest BCUT2D eigenvalue weighted by Crippen LogP contribution is -2.49. The molecule has 5 nitrogen and oxygen atoms in total. The van der Waals surface area contributed by atoms with Crippen LogP contribution < -0.4 is 5.32 Å². The van der Waals surface area contributed by atoms with E-state index in [1.165, 1.54) is 6.92 Å². The van der Waals surface area contributed by atoms with Gasteiger partial charge >= 0.3 is 5.97 Å². The smallest absolute Gasteiger partial charge is 0.340 e. The van der Waals surface area contributed by atoms with Crippen molar-refractivity contribution in [3.63, 3.8) is 0 Å². The lowest BCUT2D eigenvalue weighted by molar-refractivity contribution is -0.174. The summed E-state index contributed by atoms with van der Waals surface area (Å²) in [5.41, 5.74) is -2.03. The van der Waals surface area contributed by atoms with Crippen LogP contribution in [0.5, 0.6) is 0 Å². The highest BCUT2D eigenvalue weighted by Crippen LogP contribution is 2.14. The molecule has 1 aromatic carbocycles. The van der Waals surface area contributed by atoms with Gasteiger partial charge in [0.2, 0.25) is 0 Å². The third-order valence-corrected chi connectivity index (χ3v) is 3.07. The number of halogens is 1. The molecule has 0 radical (unpaired) electrons. The number of esters is 1. The first-order valence-electron chi connectivity index (χ1n) is 6.51. The fourth-order valence-electron chi connectivity index (χ4n) is 1.42. The van der Waals surface area contributed by atoms with E-state index in [0.29, 0.717) is 5.56 Å². The lowest BCUT2D eigenvalue weighted by atomic mass is 10.1. The van der Waals surface area contributed by atoms with Crippen molar-refractivity contribution in [2.24, 2.45) is 0 Å². The van der Waals surface area contributed by atoms with Gasteiger partial charge in [0.25, 0.3) is 5.91 Å². The van der Waals surface area contributed by atoms with Crippen molar-refractivity contribution >= 4 is 27.8 Å². The number of carbonyl (C=O) groups is 2. The fraction of sp³-hybridized carbons (Fsp3) is 0.467. The Balaban J connectivity index is 2.62. The van der Waals surface area contributed by atoms with Gasteiger partial charge in [-0.3, -0.25) is 4.79 Å². The molecule has 1 aromatic rings. The molecule has 1 rings (SSSR count). The summed E-state index contributed by atoms with van der Waals surface area (Å²) in [6.07, 6.45) is 0. The van der Waals surface area contributed by atoms with E-state index in [1.807, 2.05) is 0 Å². The molecule has 0 aliphatic carbocycles. The average Bonchev–Trinajstić information content (AvgIpc) is 2.35. The van der Waals surface area contributed by atoms with Crippen molar-refractivity contribution in [2.75, 3.05) is 6.54 Å². The van der Waals surface area contributed by atoms with Gasteiger partial charge in [0.05, 0.1) is 6.54 Å². The predicted molar refractivity (Wildman–Crippen MR) is 82.9 cm³/mol. The predicted octanol–water partition coefficient (Wildman–Crippen LogP) is 2.27. The van der Waals surface area contributed by atoms with E-state index < -0.39 is 17.2 Å². The Morgan fingerprint density at radius 2 is 1.71 bits per heavy atom. The fourth-order valence-corrected chi connectivity index (χ4v) is 1.68. The normalized spacial score (nSPS) is 14.2. The molecular formula is C15H20BrNO4. The van der Waals surface area contributed by atoms with Crippen LogP contribution in [-0.2, 0) is 9.53 Å². The molecule has 0 bridgehead atoms. The zero-order valence-electron chi connectivity index (χ0n) is 12.6. The van der Waals surface area contributed by atoms with Crippen LogP contribution >= 0.6 is 15.9 Å². The van der Waals surface area contributed by atoms with Crippen LogP contribution in [0.1, 0.15) is 38.1 Å². The van der Waals surface area contributed by atoms with Crippen LogP contribution in [0.15, 0.2) is 28.7 Å². The van der Waals surface area contributed by atoms with Crippen molar-refractivity contribution in [1.29, 1.82) is 0 Å². The van der Waals surface area contributed by atoms with E-state index in [4.69, 9.17) is 4.74 Å². The number of amides is 1. The summed E-state index contributed by atoms with van der Waals surface area (Å²) in [7, 11) is 0. The quantitative estimate of drug-likeness (QED) is 0.810. The molecule has 0 fully saturated rings. The van der Waals surface area contributed by atoms with Gasteiger partial charge in [0, 0.05) is 10.0 Å². The SMILES string of the molecule is CC(C)(C)OC(=O)C(C)(O)CNC(=O)c1ccc(Br)cc1. The number of hydrogen-bond acceptors (Lipinski definition) is 4. The molecule has 0 saturated carbocycles. The minimum absolute atomic E-state index is 0.225. The van der Waals surface area contributed by atoms with Gasteiger partial charge in [0.15, 0.2) is 5.60 Å². The van der Waals surface area contributed by atoms with Crippen LogP contribution in [0.25, 0.3) is 0 Å². The van der Waals surface area contributed by atoms with Crippen LogP contribution in [0.3, 0.4) is 0 Å². The van der Waals surface area contributed by atoms with E-state index >= 15 is 0 Å². The molecular weight excluding hydrogens is 338 g/mol. The van der Waals surface area contributed by atoms with Gasteiger partial charge in [-0.2, -0.15) is 0 Å². The summed E-state index contributed by atoms with van der Waals surface area (Å²) in [4.78, 5) is 23.8. The second kappa shape index (κ2) is 6.58. The molecule has 1 atom stereocenters. The average molecular weight is 358 g/mol. The minimum atomic E-state index is -1.78. The molecule has 0 spiro atoms. The Hall–Kier alpha value is -1.40. The number of carbonyl (C=O) groups excluding carboxylic acids is 2. The highest BCUT2D eigenvalue weighted by molar-refractivity contribution is 9.10. The topological polar surface area (TPSA) is 75.6 Å². The number of ether oxygens (including phenoxy) is 1. The van der Waals surface area contributed by atoms with Gasteiger partial charge in [-0.05, 0) is 52.0 Å². The van der Waals surface area contributed by atoms with Crippen LogP contribution in [0.2, 0.25) is 0 Å². The largest absolute Gasteiger partial charge is 0.458 e. The van der Waals surface area contributed by atoms with E-state index in [2.05, 4.69) is 21.2 Å². The first-order chi connectivity index (χ1) is 9.51. The highest BCUT2D eigenvalue weighted by atomic mass is 79.9. The maximum atomic E-state index is 11.9. The molecule has 0 heterocycles. The van der Waals surface area contributed by atoms with Gasteiger partial charge in [-0.1, -0.05) is 15.9 Å². The first-order valence-corrected chi connectivity index (χ1v) is 7.30. The molecule has 21 heavy (non-hydrogen) atoms. The second-order valence-electron chi connectivity index (χ2n) is 5.97. The molecule has 0 saturated heterocycles. The van der Waals surface area contributed by atoms with Crippen LogP contribution in [0.4, 0.5) is 0 Å². The summed E-state index contributed by atoms with van der Waals surface area (Å²) < 4.78 is 5.97. The second-order valence-corrected chi connectivity index (χ2v) is 6.88. The number of hydrogen-bond donors (Lipinski definition) is 2. The Labute approximate surface area is 132 Å². The zero-order valence-corrected chi connectivity index (χ0v) is 14.2. The molecule has 0 aromatic heterocycles. The van der Waals surface area contributed by atoms with Crippen molar-refractivity contribution in [3.05, 3.63) is 34.3 Å². The maximum Gasteiger partial charge on any atom is 0.340 e. The van der Waals surface area contributed by atoms with Gasteiger partial charge in [-0.25, -0.2) is 4.79 Å². The Kier molecular flexibility index (Phi) is 5.53. The lowest BCUT2D eigenvalue weighted by Gasteiger charge is -2.27. The molecule has 0 aliphatic rings. The van der Waals surface area contributed by atoms with E-state index in [1.54, 1.807) is 45.0 Å². The Bertz CT molecular complexity index is 517. The van der Waals surface area contributed by atoms with Gasteiger partial charge in [-0.15, -0.1) is 0 Å². The van der Waals surface area contributed by atoms with Crippen molar-refractivity contribution in [1.82, 2.24) is 5.32 Å². The highest BCUT2D eigenvalue weighted by Gasteiger charge is 2.35. The third kappa shape index (κ3) is 5.85. The van der Waals surface area contributed by atoms with Gasteiger partial charge in [0.1, 0.15) is 5.60 Å². The standard InChI is InChI=1S/C15H20BrNO4/c1-14(2,3)21-13(19)15(4,20)9-17-12(18)10-5-7-11(16)8-6-10/h5-8,20H,9H2,1-4H3,(H,17,18). The monoisotopic (exact) mass is 357 g/mol. The first kappa shape index (κ1) is 17.7. The van der Waals surface area contributed by atoms with E-state index in [-0.39, 0.29) is 12.5 Å². The summed E-state index contributed by atoms with van der Waals surface area (Å²) in [5, 5.41) is 12.6. The number of rotatable bonds is 4. The molecule has 1 unspecified atom stereocenters. The van der Waals surface area contributed by atoms with E-state index in [9.17, 15) is 14.7 Å². The van der Waals surface area contributed by atoms with Gasteiger partial charge < -0.3 is 15.2 Å². The Morgan fingerprint density at radius 3 is 2.19 bits per heavy atom. The zero-order chi connectivity index (χ0) is 16.3. The number of nitrogens with one attached hydrogen (secondary N) is 1. The molecule has 1 amide bonds. The third-order valence-electron chi connectivity index (χ3n) is 2.54. The number of aliphatic hydroxyl groups is 1. The van der Waals surface area contributed by atoms with Crippen LogP contribution in [0, 0.1) is 0 Å². The molecule has 2 N–H and O–H groups in total. The summed E-state index contributed by atoms with van der Waals surface area (Å²) in [6, 6.07) is 6.76. The maximum absolute atomic E-state index is 11.9. The van der Waals surface area contributed by atoms with Crippen molar-refractivity contribution < 1.29 is 19.4 Å². The molecule has 6 heteroatoms. The summed E-state index contributed by atoms with van der Waals surface area (Å²) >= 11 is 3.28. The van der Waals surface area contributed by atoms with Crippen molar-refractivity contribution in [3.8, 4) is 0 Å². The number of benzene rings is 1. The summed E-state index contributed by atoms with van der Waals surface area (Å²) in [5.74, 6) is -1.14. The molecule has 116 valence electrons. The van der Waals surface area contributed by atoms with E-state index in [0.717, 1.165) is 4.47 Å². The van der Waals surface area contributed by atoms with Crippen LogP contribution in [-0.4, -0.2) is 34.7 Å². The summed E-state index contributed by atoms with van der Waals surface area (Å²) in [6.45, 7) is 6.21. The Morgan fingerprint density at radius 1 is 1.19 bits per heavy atom. The molecule has 0 aliphatic heterocycles.